The van der Waals surface area contributed by atoms with Crippen LogP contribution in [0.3, 0.4) is 0 Å². The fourth-order valence-electron chi connectivity index (χ4n) is 1.54. The third-order valence-electron chi connectivity index (χ3n) is 2.99. The molecule has 19 heavy (non-hydrogen) atoms. The second-order valence-electron chi connectivity index (χ2n) is 4.58. The van der Waals surface area contributed by atoms with Crippen LogP contribution in [0.5, 0.6) is 5.75 Å². The van der Waals surface area contributed by atoms with E-state index in [1.165, 1.54) is 0 Å². The SMILES string of the molecule is CCC(C)COc1ccc(C(CO)NC(=O)O)cc1. The Bertz CT molecular complexity index is 391. The van der Waals surface area contributed by atoms with Crippen molar-refractivity contribution in [3.8, 4) is 5.75 Å². The Kier molecular flexibility index (Phi) is 6.15. The molecule has 0 aromatic heterocycles. The lowest BCUT2D eigenvalue weighted by Gasteiger charge is -2.15. The molecule has 1 amide bonds. The highest BCUT2D eigenvalue weighted by Gasteiger charge is 2.12. The topological polar surface area (TPSA) is 78.8 Å². The van der Waals surface area contributed by atoms with Gasteiger partial charge in [0.2, 0.25) is 0 Å². The molecule has 5 nitrogen and oxygen atoms in total. The molecule has 0 heterocycles. The number of aliphatic hydroxyl groups is 1. The number of rotatable bonds is 7. The average Bonchev–Trinajstić information content (AvgIpc) is 2.42. The van der Waals surface area contributed by atoms with Crippen LogP contribution < -0.4 is 10.1 Å². The van der Waals surface area contributed by atoms with E-state index in [9.17, 15) is 4.79 Å². The van der Waals surface area contributed by atoms with E-state index in [1.807, 2.05) is 0 Å². The van der Waals surface area contributed by atoms with Crippen LogP contribution in [0.4, 0.5) is 4.79 Å². The molecule has 0 spiro atoms. The first kappa shape index (κ1) is 15.3. The van der Waals surface area contributed by atoms with E-state index < -0.39 is 12.1 Å². The van der Waals surface area contributed by atoms with Gasteiger partial charge in [0.25, 0.3) is 0 Å². The third-order valence-corrected chi connectivity index (χ3v) is 2.99. The van der Waals surface area contributed by atoms with Gasteiger partial charge < -0.3 is 20.3 Å². The molecule has 2 unspecified atom stereocenters. The Morgan fingerprint density at radius 1 is 1.37 bits per heavy atom. The normalized spacial score (nSPS) is 13.6. The second kappa shape index (κ2) is 7.63. The second-order valence-corrected chi connectivity index (χ2v) is 4.58. The summed E-state index contributed by atoms with van der Waals surface area (Å²) in [6, 6.07) is 6.46. The van der Waals surface area contributed by atoms with Crippen molar-refractivity contribution in [3.63, 3.8) is 0 Å². The van der Waals surface area contributed by atoms with E-state index in [2.05, 4.69) is 19.2 Å². The average molecular weight is 267 g/mol. The Morgan fingerprint density at radius 2 is 2.00 bits per heavy atom. The molecule has 106 valence electrons. The zero-order valence-corrected chi connectivity index (χ0v) is 11.3. The zero-order chi connectivity index (χ0) is 14.3. The first-order valence-electron chi connectivity index (χ1n) is 6.39. The molecule has 0 aliphatic carbocycles. The van der Waals surface area contributed by atoms with Gasteiger partial charge in [-0.05, 0) is 23.6 Å². The van der Waals surface area contributed by atoms with Crippen molar-refractivity contribution in [1.82, 2.24) is 5.32 Å². The first-order valence-corrected chi connectivity index (χ1v) is 6.39. The Balaban J connectivity index is 2.61. The zero-order valence-electron chi connectivity index (χ0n) is 11.3. The number of nitrogens with one attached hydrogen (secondary N) is 1. The van der Waals surface area contributed by atoms with Gasteiger partial charge in [-0.2, -0.15) is 0 Å². The largest absolute Gasteiger partial charge is 0.493 e. The number of carbonyl (C=O) groups is 1. The maximum atomic E-state index is 10.6. The molecule has 0 fully saturated rings. The number of hydrogen-bond donors (Lipinski definition) is 3. The summed E-state index contributed by atoms with van der Waals surface area (Å²) in [5, 5.41) is 20.1. The van der Waals surface area contributed by atoms with Crippen molar-refractivity contribution in [2.45, 2.75) is 26.3 Å². The first-order chi connectivity index (χ1) is 9.06. The van der Waals surface area contributed by atoms with Gasteiger partial charge in [-0.1, -0.05) is 32.4 Å². The summed E-state index contributed by atoms with van der Waals surface area (Å²) < 4.78 is 5.61. The van der Waals surface area contributed by atoms with E-state index in [-0.39, 0.29) is 6.61 Å². The van der Waals surface area contributed by atoms with Crippen LogP contribution in [-0.2, 0) is 0 Å². The molecule has 5 heteroatoms. The van der Waals surface area contributed by atoms with Crippen molar-refractivity contribution in [2.75, 3.05) is 13.2 Å². The number of hydrogen-bond acceptors (Lipinski definition) is 3. The minimum Gasteiger partial charge on any atom is -0.493 e. The third kappa shape index (κ3) is 5.18. The molecule has 1 aromatic carbocycles. The highest BCUT2D eigenvalue weighted by atomic mass is 16.5. The fourth-order valence-corrected chi connectivity index (χ4v) is 1.54. The molecular weight excluding hydrogens is 246 g/mol. The number of aliphatic hydroxyl groups excluding tert-OH is 1. The van der Waals surface area contributed by atoms with Crippen molar-refractivity contribution >= 4 is 6.09 Å². The molecule has 1 rings (SSSR count). The smallest absolute Gasteiger partial charge is 0.405 e. The van der Waals surface area contributed by atoms with Gasteiger partial charge in [0.15, 0.2) is 0 Å². The van der Waals surface area contributed by atoms with E-state index in [4.69, 9.17) is 14.9 Å². The van der Waals surface area contributed by atoms with Gasteiger partial charge in [-0.15, -0.1) is 0 Å². The Hall–Kier alpha value is -1.75. The lowest BCUT2D eigenvalue weighted by atomic mass is 10.1. The Morgan fingerprint density at radius 3 is 2.47 bits per heavy atom. The van der Waals surface area contributed by atoms with Crippen LogP contribution in [0.25, 0.3) is 0 Å². The summed E-state index contributed by atoms with van der Waals surface area (Å²) in [6.07, 6.45) is -0.0936. The molecule has 0 radical (unpaired) electrons. The van der Waals surface area contributed by atoms with E-state index in [1.54, 1.807) is 24.3 Å². The maximum absolute atomic E-state index is 10.6. The van der Waals surface area contributed by atoms with E-state index in [0.29, 0.717) is 18.1 Å². The van der Waals surface area contributed by atoms with Crippen molar-refractivity contribution in [3.05, 3.63) is 29.8 Å². The summed E-state index contributed by atoms with van der Waals surface area (Å²) in [5.41, 5.74) is 0.709. The van der Waals surface area contributed by atoms with Crippen LogP contribution in [0.1, 0.15) is 31.9 Å². The molecule has 1 aromatic rings. The van der Waals surface area contributed by atoms with Gasteiger partial charge >= 0.3 is 6.09 Å². The van der Waals surface area contributed by atoms with Gasteiger partial charge in [0.1, 0.15) is 5.75 Å². The number of ether oxygens (including phenoxy) is 1. The standard InChI is InChI=1S/C14H21NO4/c1-3-10(2)9-19-12-6-4-11(5-7-12)13(8-16)15-14(17)18/h4-7,10,13,15-16H,3,8-9H2,1-2H3,(H,17,18). The molecule has 2 atom stereocenters. The van der Waals surface area contributed by atoms with Crippen LogP contribution in [-0.4, -0.2) is 29.5 Å². The molecule has 0 bridgehead atoms. The van der Waals surface area contributed by atoms with Gasteiger partial charge in [-0.25, -0.2) is 4.79 Å². The summed E-state index contributed by atoms with van der Waals surface area (Å²) in [7, 11) is 0. The summed E-state index contributed by atoms with van der Waals surface area (Å²) in [4.78, 5) is 10.6. The maximum Gasteiger partial charge on any atom is 0.405 e. The molecule has 3 N–H and O–H groups in total. The number of benzene rings is 1. The fraction of sp³-hybridized carbons (Fsp3) is 0.500. The highest BCUT2D eigenvalue weighted by Crippen LogP contribution is 2.18. The van der Waals surface area contributed by atoms with E-state index in [0.717, 1.165) is 12.2 Å². The molecule has 0 saturated carbocycles. The lowest BCUT2D eigenvalue weighted by Crippen LogP contribution is -2.29. The van der Waals surface area contributed by atoms with Gasteiger partial charge in [0, 0.05) is 0 Å². The quantitative estimate of drug-likeness (QED) is 0.709. The summed E-state index contributed by atoms with van der Waals surface area (Å²) in [5.74, 6) is 1.25. The van der Waals surface area contributed by atoms with Gasteiger partial charge in [0.05, 0.1) is 19.3 Å². The molecule has 0 saturated heterocycles. The molecular formula is C14H21NO4. The highest BCUT2D eigenvalue weighted by molar-refractivity contribution is 5.65. The number of carboxylic acid groups (broad SMARTS) is 1. The minimum atomic E-state index is -1.16. The molecule has 0 aliphatic heterocycles. The minimum absolute atomic E-state index is 0.278. The van der Waals surface area contributed by atoms with Crippen LogP contribution >= 0.6 is 0 Å². The summed E-state index contributed by atoms with van der Waals surface area (Å²) in [6.45, 7) is 4.61. The predicted octanol–water partition coefficient (Wildman–Crippen LogP) is 2.41. The molecule has 0 aliphatic rings. The van der Waals surface area contributed by atoms with Crippen LogP contribution in [0.2, 0.25) is 0 Å². The lowest BCUT2D eigenvalue weighted by molar-refractivity contribution is 0.177. The van der Waals surface area contributed by atoms with E-state index >= 15 is 0 Å². The summed E-state index contributed by atoms with van der Waals surface area (Å²) >= 11 is 0. The van der Waals surface area contributed by atoms with Crippen molar-refractivity contribution in [1.29, 1.82) is 0 Å². The number of amides is 1. The van der Waals surface area contributed by atoms with Crippen LogP contribution in [0.15, 0.2) is 24.3 Å². The van der Waals surface area contributed by atoms with Crippen LogP contribution in [0, 0.1) is 5.92 Å². The Labute approximate surface area is 113 Å². The predicted molar refractivity (Wildman–Crippen MR) is 72.4 cm³/mol. The van der Waals surface area contributed by atoms with Crippen molar-refractivity contribution < 1.29 is 19.7 Å². The monoisotopic (exact) mass is 267 g/mol. The van der Waals surface area contributed by atoms with Crippen molar-refractivity contribution in [2.24, 2.45) is 5.92 Å². The van der Waals surface area contributed by atoms with Gasteiger partial charge in [-0.3, -0.25) is 0 Å².